The standard InChI is InChI=1S/C15H10N4O3/c16-9-11-1-3-12(4-2-11)10-17-18-15(20)13-5-7-14(8-6-13)19(21)22/h1-8,10H,(H,18,20)/b17-10-. The monoisotopic (exact) mass is 294 g/mol. The summed E-state index contributed by atoms with van der Waals surface area (Å²) in [5.41, 5.74) is 3.76. The number of carbonyl (C=O) groups excluding carboxylic acids is 1. The van der Waals surface area contributed by atoms with Gasteiger partial charge in [0.1, 0.15) is 0 Å². The Morgan fingerprint density at radius 3 is 2.36 bits per heavy atom. The number of nitriles is 1. The summed E-state index contributed by atoms with van der Waals surface area (Å²) in [5, 5.41) is 23.0. The van der Waals surface area contributed by atoms with Crippen LogP contribution in [0.25, 0.3) is 0 Å². The van der Waals surface area contributed by atoms with Gasteiger partial charge in [-0.15, -0.1) is 0 Å². The van der Waals surface area contributed by atoms with Crippen LogP contribution in [0.5, 0.6) is 0 Å². The van der Waals surface area contributed by atoms with Crippen molar-refractivity contribution in [2.24, 2.45) is 5.10 Å². The van der Waals surface area contributed by atoms with Crippen molar-refractivity contribution in [1.29, 1.82) is 5.26 Å². The highest BCUT2D eigenvalue weighted by Crippen LogP contribution is 2.11. The third-order valence-corrected chi connectivity index (χ3v) is 2.76. The van der Waals surface area contributed by atoms with Crippen LogP contribution in [0, 0.1) is 21.4 Å². The van der Waals surface area contributed by atoms with E-state index in [0.717, 1.165) is 5.56 Å². The molecule has 0 heterocycles. The van der Waals surface area contributed by atoms with Gasteiger partial charge in [-0.25, -0.2) is 5.43 Å². The van der Waals surface area contributed by atoms with E-state index < -0.39 is 10.8 Å². The maximum absolute atomic E-state index is 11.8. The van der Waals surface area contributed by atoms with Crippen molar-refractivity contribution < 1.29 is 9.72 Å². The smallest absolute Gasteiger partial charge is 0.267 e. The summed E-state index contributed by atoms with van der Waals surface area (Å²) in [7, 11) is 0. The molecule has 0 fully saturated rings. The molecule has 0 saturated carbocycles. The molecule has 7 heteroatoms. The van der Waals surface area contributed by atoms with Gasteiger partial charge in [0, 0.05) is 17.7 Å². The zero-order chi connectivity index (χ0) is 15.9. The average molecular weight is 294 g/mol. The number of non-ortho nitro benzene ring substituents is 1. The Kier molecular flexibility index (Phi) is 4.57. The zero-order valence-electron chi connectivity index (χ0n) is 11.3. The van der Waals surface area contributed by atoms with E-state index in [-0.39, 0.29) is 11.3 Å². The predicted molar refractivity (Wildman–Crippen MR) is 79.3 cm³/mol. The van der Waals surface area contributed by atoms with Crippen LogP contribution in [-0.2, 0) is 0 Å². The van der Waals surface area contributed by atoms with Gasteiger partial charge < -0.3 is 0 Å². The lowest BCUT2D eigenvalue weighted by molar-refractivity contribution is -0.384. The maximum atomic E-state index is 11.8. The topological polar surface area (TPSA) is 108 Å². The summed E-state index contributed by atoms with van der Waals surface area (Å²) in [5.74, 6) is -0.472. The first-order valence-electron chi connectivity index (χ1n) is 6.18. The van der Waals surface area contributed by atoms with Gasteiger partial charge in [-0.1, -0.05) is 12.1 Å². The van der Waals surface area contributed by atoms with Gasteiger partial charge in [0.2, 0.25) is 0 Å². The number of nitrogens with one attached hydrogen (secondary N) is 1. The molecule has 0 spiro atoms. The molecule has 0 bridgehead atoms. The molecule has 0 aliphatic carbocycles. The van der Waals surface area contributed by atoms with Crippen molar-refractivity contribution in [2.45, 2.75) is 0 Å². The van der Waals surface area contributed by atoms with Crippen LogP contribution in [0.4, 0.5) is 5.69 Å². The second-order valence-corrected chi connectivity index (χ2v) is 4.24. The number of nitrogens with zero attached hydrogens (tertiary/aromatic N) is 3. The van der Waals surface area contributed by atoms with Crippen LogP contribution in [0.2, 0.25) is 0 Å². The fraction of sp³-hybridized carbons (Fsp3) is 0. The van der Waals surface area contributed by atoms with E-state index in [4.69, 9.17) is 5.26 Å². The molecule has 0 radical (unpaired) electrons. The fourth-order valence-corrected chi connectivity index (χ4v) is 1.61. The van der Waals surface area contributed by atoms with Crippen molar-refractivity contribution in [3.05, 3.63) is 75.3 Å². The molecule has 22 heavy (non-hydrogen) atoms. The Balaban J connectivity index is 1.98. The van der Waals surface area contributed by atoms with E-state index in [2.05, 4.69) is 10.5 Å². The molecule has 1 amide bonds. The molecule has 1 N–H and O–H groups in total. The lowest BCUT2D eigenvalue weighted by atomic mass is 10.2. The van der Waals surface area contributed by atoms with Crippen LogP contribution in [-0.4, -0.2) is 17.0 Å². The lowest BCUT2D eigenvalue weighted by Crippen LogP contribution is -2.17. The van der Waals surface area contributed by atoms with Gasteiger partial charge in [0.05, 0.1) is 22.8 Å². The molecule has 2 aromatic carbocycles. The van der Waals surface area contributed by atoms with Gasteiger partial charge in [0.25, 0.3) is 11.6 Å². The normalized spacial score (nSPS) is 10.1. The van der Waals surface area contributed by atoms with E-state index in [1.165, 1.54) is 30.5 Å². The number of hydrogen-bond donors (Lipinski definition) is 1. The van der Waals surface area contributed by atoms with Gasteiger partial charge in [0.15, 0.2) is 0 Å². The van der Waals surface area contributed by atoms with Crippen LogP contribution < -0.4 is 5.43 Å². The first kappa shape index (κ1) is 14.9. The molecule has 0 aromatic heterocycles. The number of nitro groups is 1. The summed E-state index contributed by atoms with van der Waals surface area (Å²) in [6, 6.07) is 13.9. The van der Waals surface area contributed by atoms with E-state index in [9.17, 15) is 14.9 Å². The minimum Gasteiger partial charge on any atom is -0.267 e. The van der Waals surface area contributed by atoms with Gasteiger partial charge in [-0.05, 0) is 29.8 Å². The van der Waals surface area contributed by atoms with Crippen LogP contribution in [0.3, 0.4) is 0 Å². The third kappa shape index (κ3) is 3.74. The van der Waals surface area contributed by atoms with E-state index in [0.29, 0.717) is 5.56 Å². The molecular formula is C15H10N4O3. The SMILES string of the molecule is N#Cc1ccc(/C=N\NC(=O)c2ccc([N+](=O)[O-])cc2)cc1. The highest BCUT2D eigenvalue weighted by atomic mass is 16.6. The van der Waals surface area contributed by atoms with E-state index in [1.54, 1.807) is 24.3 Å². The minimum atomic E-state index is -0.537. The van der Waals surface area contributed by atoms with Crippen molar-refractivity contribution >= 4 is 17.8 Å². The van der Waals surface area contributed by atoms with Crippen molar-refractivity contribution in [3.8, 4) is 6.07 Å². The number of carbonyl (C=O) groups is 1. The summed E-state index contributed by atoms with van der Waals surface area (Å²) in [4.78, 5) is 21.8. The van der Waals surface area contributed by atoms with Gasteiger partial charge >= 0.3 is 0 Å². The lowest BCUT2D eigenvalue weighted by Gasteiger charge is -1.99. The molecule has 0 aliphatic rings. The number of rotatable bonds is 4. The number of nitro benzene ring substituents is 1. The van der Waals surface area contributed by atoms with Gasteiger partial charge in [-0.3, -0.25) is 14.9 Å². The zero-order valence-corrected chi connectivity index (χ0v) is 11.3. The number of hydrogen-bond acceptors (Lipinski definition) is 5. The molecule has 0 saturated heterocycles. The van der Waals surface area contributed by atoms with E-state index >= 15 is 0 Å². The van der Waals surface area contributed by atoms with Crippen molar-refractivity contribution in [2.75, 3.05) is 0 Å². The van der Waals surface area contributed by atoms with Crippen molar-refractivity contribution in [1.82, 2.24) is 5.43 Å². The quantitative estimate of drug-likeness (QED) is 0.529. The second-order valence-electron chi connectivity index (χ2n) is 4.24. The second kappa shape index (κ2) is 6.76. The molecule has 0 unspecified atom stereocenters. The Morgan fingerprint density at radius 1 is 1.18 bits per heavy atom. The van der Waals surface area contributed by atoms with Crippen LogP contribution in [0.1, 0.15) is 21.5 Å². The molecule has 0 atom stereocenters. The summed E-state index contributed by atoms with van der Waals surface area (Å²) < 4.78 is 0. The molecule has 2 aromatic rings. The van der Waals surface area contributed by atoms with Gasteiger partial charge in [-0.2, -0.15) is 10.4 Å². The Morgan fingerprint density at radius 2 is 1.82 bits per heavy atom. The molecule has 108 valence electrons. The number of benzene rings is 2. The summed E-state index contributed by atoms with van der Waals surface area (Å²) in [6.07, 6.45) is 1.43. The largest absolute Gasteiger partial charge is 0.271 e. The Bertz CT molecular complexity index is 759. The summed E-state index contributed by atoms with van der Waals surface area (Å²) in [6.45, 7) is 0. The summed E-state index contributed by atoms with van der Waals surface area (Å²) >= 11 is 0. The first-order chi connectivity index (χ1) is 10.6. The Labute approximate surface area is 125 Å². The third-order valence-electron chi connectivity index (χ3n) is 2.76. The van der Waals surface area contributed by atoms with Crippen molar-refractivity contribution in [3.63, 3.8) is 0 Å². The highest BCUT2D eigenvalue weighted by Gasteiger charge is 2.08. The highest BCUT2D eigenvalue weighted by molar-refractivity contribution is 5.95. The number of hydrazone groups is 1. The fourth-order valence-electron chi connectivity index (χ4n) is 1.61. The average Bonchev–Trinajstić information content (AvgIpc) is 2.55. The van der Waals surface area contributed by atoms with Crippen LogP contribution in [0.15, 0.2) is 53.6 Å². The Hall–Kier alpha value is -3.53. The van der Waals surface area contributed by atoms with Crippen LogP contribution >= 0.6 is 0 Å². The number of amides is 1. The predicted octanol–water partition coefficient (Wildman–Crippen LogP) is 2.23. The molecular weight excluding hydrogens is 284 g/mol. The minimum absolute atomic E-state index is 0.0855. The van der Waals surface area contributed by atoms with E-state index in [1.807, 2.05) is 6.07 Å². The first-order valence-corrected chi connectivity index (χ1v) is 6.18. The molecule has 7 nitrogen and oxygen atoms in total. The molecule has 2 rings (SSSR count). The maximum Gasteiger partial charge on any atom is 0.271 e. The molecule has 0 aliphatic heterocycles.